The summed E-state index contributed by atoms with van der Waals surface area (Å²) in [6, 6.07) is 5.48. The molecule has 2 fully saturated rings. The first-order valence-corrected chi connectivity index (χ1v) is 7.99. The largest absolute Gasteiger partial charge is 0.356 e. The van der Waals surface area contributed by atoms with E-state index in [9.17, 15) is 14.0 Å². The first-order chi connectivity index (χ1) is 11.1. The molecule has 1 saturated heterocycles. The second-order valence-electron chi connectivity index (χ2n) is 6.22. The number of halogens is 1. The number of benzene rings is 1. The van der Waals surface area contributed by atoms with Crippen LogP contribution in [0.1, 0.15) is 37.3 Å². The van der Waals surface area contributed by atoms with E-state index in [-0.39, 0.29) is 30.3 Å². The molecule has 0 spiro atoms. The summed E-state index contributed by atoms with van der Waals surface area (Å²) in [6.45, 7) is -0.114. The maximum Gasteiger partial charge on any atom is 0.251 e. The van der Waals surface area contributed by atoms with E-state index in [0.29, 0.717) is 5.56 Å². The van der Waals surface area contributed by atoms with E-state index >= 15 is 0 Å². The van der Waals surface area contributed by atoms with Crippen LogP contribution in [0, 0.1) is 5.82 Å². The van der Waals surface area contributed by atoms with Crippen LogP contribution < -0.4 is 5.32 Å². The monoisotopic (exact) mass is 320 g/mol. The zero-order chi connectivity index (χ0) is 16.4. The van der Waals surface area contributed by atoms with Gasteiger partial charge in [-0.3, -0.25) is 9.59 Å². The fourth-order valence-corrected chi connectivity index (χ4v) is 3.34. The molecule has 1 aromatic rings. The van der Waals surface area contributed by atoms with Gasteiger partial charge in [0.15, 0.2) is 6.10 Å². The maximum atomic E-state index is 13.2. The Hall–Kier alpha value is -1.95. The Labute approximate surface area is 134 Å². The fourth-order valence-electron chi connectivity index (χ4n) is 3.34. The van der Waals surface area contributed by atoms with Gasteiger partial charge in [0, 0.05) is 13.1 Å². The Kier molecular flexibility index (Phi) is 4.61. The summed E-state index contributed by atoms with van der Waals surface area (Å²) in [7, 11) is 1.65. The van der Waals surface area contributed by atoms with Crippen LogP contribution in [0.4, 0.5) is 4.39 Å². The van der Waals surface area contributed by atoms with Crippen LogP contribution in [0.2, 0.25) is 0 Å². The Balaban J connectivity index is 1.81. The van der Waals surface area contributed by atoms with Crippen LogP contribution in [-0.2, 0) is 14.3 Å². The average molecular weight is 320 g/mol. The van der Waals surface area contributed by atoms with Crippen molar-refractivity contribution in [3.8, 4) is 0 Å². The predicted molar refractivity (Wildman–Crippen MR) is 82.0 cm³/mol. The van der Waals surface area contributed by atoms with Crippen molar-refractivity contribution in [2.24, 2.45) is 0 Å². The average Bonchev–Trinajstić information content (AvgIpc) is 3.04. The van der Waals surface area contributed by atoms with Crippen molar-refractivity contribution >= 4 is 11.8 Å². The third-order valence-electron chi connectivity index (χ3n) is 4.66. The number of ether oxygens (including phenoxy) is 1. The molecule has 2 aliphatic rings. The molecule has 0 aromatic heterocycles. The van der Waals surface area contributed by atoms with Crippen molar-refractivity contribution in [3.05, 3.63) is 35.6 Å². The third kappa shape index (κ3) is 3.37. The van der Waals surface area contributed by atoms with Gasteiger partial charge in [-0.15, -0.1) is 0 Å². The lowest BCUT2D eigenvalue weighted by atomic mass is 9.97. The lowest BCUT2D eigenvalue weighted by molar-refractivity contribution is -0.162. The lowest BCUT2D eigenvalue weighted by Crippen LogP contribution is -2.54. The van der Waals surface area contributed by atoms with Crippen molar-refractivity contribution in [2.45, 2.75) is 43.9 Å². The van der Waals surface area contributed by atoms with E-state index in [0.717, 1.165) is 25.7 Å². The highest BCUT2D eigenvalue weighted by atomic mass is 19.1. The highest BCUT2D eigenvalue weighted by Gasteiger charge is 2.40. The van der Waals surface area contributed by atoms with Gasteiger partial charge in [-0.2, -0.15) is 0 Å². The Morgan fingerprint density at radius 1 is 1.26 bits per heavy atom. The van der Waals surface area contributed by atoms with E-state index in [1.54, 1.807) is 19.2 Å². The Morgan fingerprint density at radius 2 is 1.91 bits per heavy atom. The number of morpholine rings is 1. The smallest absolute Gasteiger partial charge is 0.251 e. The summed E-state index contributed by atoms with van der Waals surface area (Å²) in [6.07, 6.45) is 3.43. The number of amides is 2. The summed E-state index contributed by atoms with van der Waals surface area (Å²) < 4.78 is 18.7. The summed E-state index contributed by atoms with van der Waals surface area (Å²) in [5.41, 5.74) is 0.688. The van der Waals surface area contributed by atoms with E-state index in [1.165, 1.54) is 17.0 Å². The summed E-state index contributed by atoms with van der Waals surface area (Å²) in [5, 5.41) is 3.02. The first kappa shape index (κ1) is 15.9. The minimum atomic E-state index is -0.774. The van der Waals surface area contributed by atoms with Gasteiger partial charge < -0.3 is 15.0 Å². The lowest BCUT2D eigenvalue weighted by Gasteiger charge is -2.38. The van der Waals surface area contributed by atoms with Crippen molar-refractivity contribution in [1.82, 2.24) is 10.2 Å². The molecule has 1 aromatic carbocycles. The quantitative estimate of drug-likeness (QED) is 0.923. The number of hydrogen-bond donors (Lipinski definition) is 1. The molecule has 124 valence electrons. The molecule has 1 saturated carbocycles. The van der Waals surface area contributed by atoms with Crippen LogP contribution in [0.15, 0.2) is 24.3 Å². The normalized spacial score (nSPS) is 25.7. The Morgan fingerprint density at radius 3 is 2.57 bits per heavy atom. The molecular formula is C17H21FN2O3. The molecule has 6 heteroatoms. The summed E-state index contributed by atoms with van der Waals surface area (Å²) in [5.74, 6) is -0.749. The molecule has 1 aliphatic heterocycles. The van der Waals surface area contributed by atoms with Crippen molar-refractivity contribution < 1.29 is 18.7 Å². The zero-order valence-electron chi connectivity index (χ0n) is 13.1. The van der Waals surface area contributed by atoms with Gasteiger partial charge in [0.05, 0.1) is 6.04 Å². The second kappa shape index (κ2) is 6.66. The number of rotatable bonds is 3. The number of hydrogen-bond acceptors (Lipinski definition) is 3. The molecule has 2 atom stereocenters. The molecular weight excluding hydrogens is 299 g/mol. The summed E-state index contributed by atoms with van der Waals surface area (Å²) in [4.78, 5) is 26.1. The second-order valence-corrected chi connectivity index (χ2v) is 6.22. The van der Waals surface area contributed by atoms with Crippen molar-refractivity contribution in [1.29, 1.82) is 0 Å². The minimum absolute atomic E-state index is 0.114. The maximum absolute atomic E-state index is 13.2. The number of carbonyl (C=O) groups is 2. The standard InChI is InChI=1S/C17H21FN2O3/c1-20-14(21)10-23-16(17(22)19-13-4-2-3-5-13)15(20)11-6-8-12(18)9-7-11/h6-9,13,15-16H,2-5,10H2,1H3,(H,19,22)/t15-,16-/m0/s1. The van der Waals surface area contributed by atoms with Gasteiger partial charge in [-0.1, -0.05) is 25.0 Å². The van der Waals surface area contributed by atoms with Crippen LogP contribution in [0.25, 0.3) is 0 Å². The van der Waals surface area contributed by atoms with E-state index in [2.05, 4.69) is 5.32 Å². The van der Waals surface area contributed by atoms with Gasteiger partial charge in [-0.05, 0) is 30.5 Å². The molecule has 1 N–H and O–H groups in total. The molecule has 1 heterocycles. The molecule has 23 heavy (non-hydrogen) atoms. The van der Waals surface area contributed by atoms with Crippen molar-refractivity contribution in [2.75, 3.05) is 13.7 Å². The van der Waals surface area contributed by atoms with Gasteiger partial charge in [-0.25, -0.2) is 4.39 Å². The molecule has 3 rings (SSSR count). The minimum Gasteiger partial charge on any atom is -0.356 e. The molecule has 0 radical (unpaired) electrons. The number of carbonyl (C=O) groups excluding carboxylic acids is 2. The SMILES string of the molecule is CN1C(=O)CO[C@H](C(=O)NC2CCCC2)[C@@H]1c1ccc(F)cc1. The molecule has 2 amide bonds. The third-order valence-corrected chi connectivity index (χ3v) is 4.66. The number of nitrogens with one attached hydrogen (secondary N) is 1. The highest BCUT2D eigenvalue weighted by molar-refractivity contribution is 5.86. The van der Waals surface area contributed by atoms with Crippen LogP contribution >= 0.6 is 0 Å². The molecule has 0 bridgehead atoms. The van der Waals surface area contributed by atoms with Crippen LogP contribution in [-0.4, -0.2) is 42.5 Å². The number of likely N-dealkylation sites (N-methyl/N-ethyl adjacent to an activating group) is 1. The van der Waals surface area contributed by atoms with E-state index < -0.39 is 12.1 Å². The molecule has 1 aliphatic carbocycles. The van der Waals surface area contributed by atoms with Gasteiger partial charge in [0.1, 0.15) is 12.4 Å². The molecule has 5 nitrogen and oxygen atoms in total. The first-order valence-electron chi connectivity index (χ1n) is 7.99. The van der Waals surface area contributed by atoms with E-state index in [1.807, 2.05) is 0 Å². The van der Waals surface area contributed by atoms with Gasteiger partial charge in [0.2, 0.25) is 5.91 Å². The highest BCUT2D eigenvalue weighted by Crippen LogP contribution is 2.30. The van der Waals surface area contributed by atoms with Gasteiger partial charge in [0.25, 0.3) is 5.91 Å². The molecule has 0 unspecified atom stereocenters. The summed E-state index contributed by atoms with van der Waals surface area (Å²) >= 11 is 0. The van der Waals surface area contributed by atoms with Crippen LogP contribution in [0.3, 0.4) is 0 Å². The Bertz CT molecular complexity index is 584. The predicted octanol–water partition coefficient (Wildman–Crippen LogP) is 1.78. The van der Waals surface area contributed by atoms with Crippen molar-refractivity contribution in [3.63, 3.8) is 0 Å². The topological polar surface area (TPSA) is 58.6 Å². The zero-order valence-corrected chi connectivity index (χ0v) is 13.1. The van der Waals surface area contributed by atoms with Crippen LogP contribution in [0.5, 0.6) is 0 Å². The van der Waals surface area contributed by atoms with E-state index in [4.69, 9.17) is 4.74 Å². The van der Waals surface area contributed by atoms with Gasteiger partial charge >= 0.3 is 0 Å². The number of nitrogens with zero attached hydrogens (tertiary/aromatic N) is 1. The fraction of sp³-hybridized carbons (Fsp3) is 0.529.